The molecule has 1 aliphatic rings. The van der Waals surface area contributed by atoms with E-state index in [1.807, 2.05) is 24.3 Å². The molecule has 0 amide bonds. The summed E-state index contributed by atoms with van der Waals surface area (Å²) in [5.41, 5.74) is 7.03. The van der Waals surface area contributed by atoms with Gasteiger partial charge in [0.25, 0.3) is 0 Å². The van der Waals surface area contributed by atoms with Crippen LogP contribution in [0.1, 0.15) is 24.4 Å². The summed E-state index contributed by atoms with van der Waals surface area (Å²) in [7, 11) is 1.72. The number of nitrogens with two attached hydrogens (primary N) is 1. The molecule has 1 aromatic rings. The standard InChI is InChI=1S/C13H18ClNO2/c1-16-13(5-7-17-8-6-13)12(15)10-3-2-4-11(14)9-10/h2-4,9,12H,5-8,15H2,1H3. The van der Waals surface area contributed by atoms with E-state index in [2.05, 4.69) is 0 Å². The topological polar surface area (TPSA) is 44.5 Å². The number of hydrogen-bond acceptors (Lipinski definition) is 3. The average molecular weight is 256 g/mol. The Hall–Kier alpha value is -0.610. The van der Waals surface area contributed by atoms with Gasteiger partial charge in [0, 0.05) is 38.2 Å². The summed E-state index contributed by atoms with van der Waals surface area (Å²) in [6.45, 7) is 1.39. The molecule has 2 rings (SSSR count). The maximum Gasteiger partial charge on any atom is 0.0914 e. The van der Waals surface area contributed by atoms with Gasteiger partial charge in [0.05, 0.1) is 11.6 Å². The van der Waals surface area contributed by atoms with Crippen LogP contribution < -0.4 is 5.73 Å². The first kappa shape index (κ1) is 12.8. The summed E-state index contributed by atoms with van der Waals surface area (Å²) >= 11 is 6.00. The highest BCUT2D eigenvalue weighted by Crippen LogP contribution is 2.36. The highest BCUT2D eigenvalue weighted by molar-refractivity contribution is 6.30. The van der Waals surface area contributed by atoms with Gasteiger partial charge in [-0.3, -0.25) is 0 Å². The van der Waals surface area contributed by atoms with Crippen molar-refractivity contribution in [2.75, 3.05) is 20.3 Å². The van der Waals surface area contributed by atoms with Gasteiger partial charge in [-0.1, -0.05) is 23.7 Å². The van der Waals surface area contributed by atoms with E-state index in [0.29, 0.717) is 18.2 Å². The molecule has 0 saturated carbocycles. The van der Waals surface area contributed by atoms with Crippen LogP contribution in [0, 0.1) is 0 Å². The fourth-order valence-corrected chi connectivity index (χ4v) is 2.56. The van der Waals surface area contributed by atoms with E-state index >= 15 is 0 Å². The molecule has 1 fully saturated rings. The van der Waals surface area contributed by atoms with Crippen molar-refractivity contribution in [2.24, 2.45) is 5.73 Å². The van der Waals surface area contributed by atoms with Crippen molar-refractivity contribution < 1.29 is 9.47 Å². The van der Waals surface area contributed by atoms with Crippen LogP contribution in [0.2, 0.25) is 5.02 Å². The second-order valence-electron chi connectivity index (χ2n) is 4.41. The predicted molar refractivity (Wildman–Crippen MR) is 68.2 cm³/mol. The molecule has 1 saturated heterocycles. The number of rotatable bonds is 3. The Morgan fingerprint density at radius 2 is 2.12 bits per heavy atom. The molecule has 0 bridgehead atoms. The Labute approximate surface area is 107 Å². The predicted octanol–water partition coefficient (Wildman–Crippen LogP) is 2.54. The Balaban J connectivity index is 2.24. The van der Waals surface area contributed by atoms with Crippen LogP contribution in [0.3, 0.4) is 0 Å². The molecule has 17 heavy (non-hydrogen) atoms. The van der Waals surface area contributed by atoms with Gasteiger partial charge in [0.15, 0.2) is 0 Å². The van der Waals surface area contributed by atoms with E-state index in [0.717, 1.165) is 18.4 Å². The molecular formula is C13H18ClNO2. The molecule has 1 aromatic carbocycles. The third kappa shape index (κ3) is 2.63. The summed E-state index contributed by atoms with van der Waals surface area (Å²) in [6.07, 6.45) is 1.63. The molecule has 1 aliphatic heterocycles. The van der Waals surface area contributed by atoms with E-state index in [1.165, 1.54) is 0 Å². The van der Waals surface area contributed by atoms with Gasteiger partial charge in [-0.15, -0.1) is 0 Å². The van der Waals surface area contributed by atoms with E-state index in [-0.39, 0.29) is 11.6 Å². The Morgan fingerprint density at radius 3 is 2.71 bits per heavy atom. The Kier molecular flexibility index (Phi) is 4.05. The van der Waals surface area contributed by atoms with Gasteiger partial charge >= 0.3 is 0 Å². The lowest BCUT2D eigenvalue weighted by Crippen LogP contribution is -2.47. The van der Waals surface area contributed by atoms with Crippen LogP contribution in [0.5, 0.6) is 0 Å². The zero-order valence-corrected chi connectivity index (χ0v) is 10.7. The Bertz CT molecular complexity index is 377. The van der Waals surface area contributed by atoms with Crippen molar-refractivity contribution in [3.8, 4) is 0 Å². The Morgan fingerprint density at radius 1 is 1.41 bits per heavy atom. The van der Waals surface area contributed by atoms with Crippen LogP contribution in [-0.4, -0.2) is 25.9 Å². The lowest BCUT2D eigenvalue weighted by atomic mass is 9.82. The van der Waals surface area contributed by atoms with Gasteiger partial charge in [0.1, 0.15) is 0 Å². The maximum absolute atomic E-state index is 6.34. The SMILES string of the molecule is COC1(C(N)c2cccc(Cl)c2)CCOCC1. The zero-order chi connectivity index (χ0) is 12.3. The van der Waals surface area contributed by atoms with Crippen molar-refractivity contribution in [2.45, 2.75) is 24.5 Å². The van der Waals surface area contributed by atoms with Crippen LogP contribution in [0.4, 0.5) is 0 Å². The molecule has 0 aromatic heterocycles. The summed E-state index contributed by atoms with van der Waals surface area (Å²) in [5.74, 6) is 0. The van der Waals surface area contributed by atoms with Crippen molar-refractivity contribution in [1.82, 2.24) is 0 Å². The van der Waals surface area contributed by atoms with E-state index in [4.69, 9.17) is 26.8 Å². The molecule has 94 valence electrons. The lowest BCUT2D eigenvalue weighted by Gasteiger charge is -2.40. The van der Waals surface area contributed by atoms with Crippen molar-refractivity contribution >= 4 is 11.6 Å². The lowest BCUT2D eigenvalue weighted by molar-refractivity contribution is -0.105. The number of hydrogen-bond donors (Lipinski definition) is 1. The van der Waals surface area contributed by atoms with Crippen molar-refractivity contribution in [1.29, 1.82) is 0 Å². The average Bonchev–Trinajstić information content (AvgIpc) is 2.38. The molecule has 1 heterocycles. The van der Waals surface area contributed by atoms with Crippen LogP contribution in [-0.2, 0) is 9.47 Å². The third-order valence-electron chi connectivity index (χ3n) is 3.52. The van der Waals surface area contributed by atoms with Crippen LogP contribution in [0.15, 0.2) is 24.3 Å². The van der Waals surface area contributed by atoms with E-state index < -0.39 is 0 Å². The normalized spacial score (nSPS) is 21.1. The van der Waals surface area contributed by atoms with Gasteiger partial charge in [-0.2, -0.15) is 0 Å². The molecule has 4 heteroatoms. The molecule has 3 nitrogen and oxygen atoms in total. The molecule has 0 radical (unpaired) electrons. The minimum absolute atomic E-state index is 0.171. The first-order valence-corrected chi connectivity index (χ1v) is 6.20. The number of methoxy groups -OCH3 is 1. The summed E-state index contributed by atoms with van der Waals surface area (Å²) in [5, 5.41) is 0.705. The van der Waals surface area contributed by atoms with E-state index in [9.17, 15) is 0 Å². The smallest absolute Gasteiger partial charge is 0.0914 e. The minimum Gasteiger partial charge on any atom is -0.381 e. The first-order valence-electron chi connectivity index (χ1n) is 5.82. The number of halogens is 1. The zero-order valence-electron chi connectivity index (χ0n) is 9.99. The summed E-state index contributed by atoms with van der Waals surface area (Å²) < 4.78 is 11.1. The van der Waals surface area contributed by atoms with Crippen LogP contribution >= 0.6 is 11.6 Å². The van der Waals surface area contributed by atoms with Gasteiger partial charge < -0.3 is 15.2 Å². The maximum atomic E-state index is 6.34. The molecule has 2 N–H and O–H groups in total. The number of ether oxygens (including phenoxy) is 2. The monoisotopic (exact) mass is 255 g/mol. The fourth-order valence-electron chi connectivity index (χ4n) is 2.36. The van der Waals surface area contributed by atoms with Crippen molar-refractivity contribution in [3.05, 3.63) is 34.9 Å². The molecular weight excluding hydrogens is 238 g/mol. The highest BCUT2D eigenvalue weighted by Gasteiger charge is 2.39. The van der Waals surface area contributed by atoms with E-state index in [1.54, 1.807) is 7.11 Å². The highest BCUT2D eigenvalue weighted by atomic mass is 35.5. The molecule has 1 atom stereocenters. The molecule has 1 unspecified atom stereocenters. The second-order valence-corrected chi connectivity index (χ2v) is 4.85. The first-order chi connectivity index (χ1) is 8.18. The van der Waals surface area contributed by atoms with Crippen LogP contribution in [0.25, 0.3) is 0 Å². The number of benzene rings is 1. The second kappa shape index (κ2) is 5.36. The largest absolute Gasteiger partial charge is 0.381 e. The van der Waals surface area contributed by atoms with Gasteiger partial charge in [-0.25, -0.2) is 0 Å². The third-order valence-corrected chi connectivity index (χ3v) is 3.76. The van der Waals surface area contributed by atoms with Gasteiger partial charge in [-0.05, 0) is 17.7 Å². The summed E-state index contributed by atoms with van der Waals surface area (Å²) in [4.78, 5) is 0. The van der Waals surface area contributed by atoms with Gasteiger partial charge in [0.2, 0.25) is 0 Å². The molecule has 0 aliphatic carbocycles. The quantitative estimate of drug-likeness (QED) is 0.903. The van der Waals surface area contributed by atoms with Crippen molar-refractivity contribution in [3.63, 3.8) is 0 Å². The minimum atomic E-state index is -0.330. The fraction of sp³-hybridized carbons (Fsp3) is 0.538. The summed E-state index contributed by atoms with van der Waals surface area (Å²) in [6, 6.07) is 7.49. The molecule has 0 spiro atoms.